The second kappa shape index (κ2) is 9.02. The number of allylic oxidation sites excluding steroid dienone is 2. The molecule has 1 rings (SSSR count). The van der Waals surface area contributed by atoms with Crippen molar-refractivity contribution >= 4 is 5.69 Å². The molecule has 0 saturated heterocycles. The summed E-state index contributed by atoms with van der Waals surface area (Å²) in [7, 11) is 1.77. The zero-order valence-corrected chi connectivity index (χ0v) is 13.4. The lowest BCUT2D eigenvalue weighted by Gasteiger charge is -2.20. The first-order valence-corrected chi connectivity index (χ1v) is 6.82. The predicted octanol–water partition coefficient (Wildman–Crippen LogP) is 4.81. The van der Waals surface area contributed by atoms with Gasteiger partial charge in [-0.05, 0) is 37.3 Å². The van der Waals surface area contributed by atoms with Gasteiger partial charge in [0, 0.05) is 24.1 Å². The predicted molar refractivity (Wildman–Crippen MR) is 84.6 cm³/mol. The number of nitrogens with two attached hydrogens (primary N) is 1. The highest BCUT2D eigenvalue weighted by Crippen LogP contribution is 2.26. The van der Waals surface area contributed by atoms with Crippen molar-refractivity contribution in [2.75, 3.05) is 11.9 Å². The van der Waals surface area contributed by atoms with Crippen LogP contribution in [0.2, 0.25) is 0 Å². The van der Waals surface area contributed by atoms with Gasteiger partial charge in [-0.1, -0.05) is 26.8 Å². The van der Waals surface area contributed by atoms with Crippen LogP contribution < -0.4 is 15.4 Å². The number of anilines is 1. The van der Waals surface area contributed by atoms with Crippen molar-refractivity contribution in [3.8, 4) is 5.75 Å². The molecule has 1 aromatic carbocycles. The zero-order valence-electron chi connectivity index (χ0n) is 13.4. The molecule has 0 spiro atoms. The van der Waals surface area contributed by atoms with Crippen molar-refractivity contribution in [2.24, 2.45) is 5.73 Å². The second-order valence-corrected chi connectivity index (χ2v) is 4.67. The number of nitrogens with zero attached hydrogens (tertiary/aromatic N) is 1. The monoisotopic (exact) mass is 316 g/mol. The lowest BCUT2D eigenvalue weighted by Crippen LogP contribution is -2.17. The first-order valence-electron chi connectivity index (χ1n) is 6.82. The van der Waals surface area contributed by atoms with Crippen molar-refractivity contribution in [2.45, 2.75) is 33.6 Å². The van der Waals surface area contributed by atoms with Crippen LogP contribution in [-0.4, -0.2) is 13.4 Å². The van der Waals surface area contributed by atoms with E-state index in [1.54, 1.807) is 18.0 Å². The van der Waals surface area contributed by atoms with Crippen LogP contribution in [0.15, 0.2) is 48.3 Å². The molecule has 1 aromatic rings. The minimum Gasteiger partial charge on any atom is -0.406 e. The summed E-state index contributed by atoms with van der Waals surface area (Å²) in [6, 6.07) is 5.56. The topological polar surface area (TPSA) is 38.5 Å². The maximum absolute atomic E-state index is 12.0. The van der Waals surface area contributed by atoms with E-state index in [0.717, 1.165) is 5.70 Å². The standard InChI is InChI=1S/C13H15F3N2O.C3H8/c1-9(17)8-10(2)18(3)11-4-6-12(7-5-11)19-13(14,15)16;1-3-2/h4-8H,1,17H2,2-3H3;3H2,1-2H3/b10-8-;. The van der Waals surface area contributed by atoms with Crippen molar-refractivity contribution in [3.05, 3.63) is 48.3 Å². The molecule has 124 valence electrons. The van der Waals surface area contributed by atoms with Gasteiger partial charge in [0.15, 0.2) is 0 Å². The van der Waals surface area contributed by atoms with E-state index in [1.807, 2.05) is 6.92 Å². The van der Waals surface area contributed by atoms with Crippen LogP contribution in [0.25, 0.3) is 0 Å². The van der Waals surface area contributed by atoms with Crippen LogP contribution in [-0.2, 0) is 0 Å². The van der Waals surface area contributed by atoms with Gasteiger partial charge >= 0.3 is 6.36 Å². The van der Waals surface area contributed by atoms with Gasteiger partial charge in [0.05, 0.1) is 0 Å². The molecule has 0 aromatic heterocycles. The van der Waals surface area contributed by atoms with Gasteiger partial charge in [-0.2, -0.15) is 0 Å². The summed E-state index contributed by atoms with van der Waals surface area (Å²) in [4.78, 5) is 1.77. The number of hydrogen-bond donors (Lipinski definition) is 1. The van der Waals surface area contributed by atoms with Crippen molar-refractivity contribution in [1.29, 1.82) is 0 Å². The Morgan fingerprint density at radius 2 is 1.73 bits per heavy atom. The van der Waals surface area contributed by atoms with Gasteiger partial charge in [0.25, 0.3) is 0 Å². The fourth-order valence-electron chi connectivity index (χ4n) is 1.44. The molecule has 0 atom stereocenters. The van der Waals surface area contributed by atoms with E-state index in [0.29, 0.717) is 11.4 Å². The molecule has 3 nitrogen and oxygen atoms in total. The number of rotatable bonds is 4. The van der Waals surface area contributed by atoms with Crippen molar-refractivity contribution in [3.63, 3.8) is 0 Å². The fourth-order valence-corrected chi connectivity index (χ4v) is 1.44. The van der Waals surface area contributed by atoms with Crippen molar-refractivity contribution < 1.29 is 17.9 Å². The molecule has 0 aliphatic rings. The molecule has 0 fully saturated rings. The summed E-state index contributed by atoms with van der Waals surface area (Å²) in [5.74, 6) is -0.255. The summed E-state index contributed by atoms with van der Waals surface area (Å²) in [5, 5.41) is 0. The second-order valence-electron chi connectivity index (χ2n) is 4.67. The molecule has 0 heterocycles. The molecule has 0 radical (unpaired) electrons. The Morgan fingerprint density at radius 1 is 1.27 bits per heavy atom. The molecule has 0 aliphatic carbocycles. The summed E-state index contributed by atoms with van der Waals surface area (Å²) in [6.07, 6.45) is -1.76. The molecule has 6 heteroatoms. The summed E-state index contributed by atoms with van der Waals surface area (Å²) in [6.45, 7) is 9.62. The molecule has 0 saturated carbocycles. The molecule has 0 bridgehead atoms. The van der Waals surface area contributed by atoms with Crippen LogP contribution in [0.1, 0.15) is 27.2 Å². The van der Waals surface area contributed by atoms with Crippen LogP contribution in [0.4, 0.5) is 18.9 Å². The highest BCUT2D eigenvalue weighted by Gasteiger charge is 2.30. The van der Waals surface area contributed by atoms with Crippen LogP contribution in [0, 0.1) is 0 Å². The molecule has 0 aliphatic heterocycles. The third kappa shape index (κ3) is 8.24. The average Bonchev–Trinajstić information content (AvgIpc) is 2.37. The largest absolute Gasteiger partial charge is 0.573 e. The van der Waals surface area contributed by atoms with E-state index in [4.69, 9.17) is 5.73 Å². The number of hydrogen-bond acceptors (Lipinski definition) is 3. The van der Waals surface area contributed by atoms with Gasteiger partial charge in [-0.15, -0.1) is 13.2 Å². The van der Waals surface area contributed by atoms with Gasteiger partial charge < -0.3 is 15.4 Å². The highest BCUT2D eigenvalue weighted by molar-refractivity contribution is 5.53. The third-order valence-electron chi connectivity index (χ3n) is 2.38. The number of alkyl halides is 3. The molecule has 2 N–H and O–H groups in total. The van der Waals surface area contributed by atoms with E-state index < -0.39 is 6.36 Å². The Bertz CT molecular complexity index is 493. The van der Waals surface area contributed by atoms with E-state index in [1.165, 1.54) is 30.7 Å². The van der Waals surface area contributed by atoms with Crippen LogP contribution >= 0.6 is 0 Å². The quantitative estimate of drug-likeness (QED) is 0.810. The minimum atomic E-state index is -4.68. The summed E-state index contributed by atoms with van der Waals surface area (Å²) >= 11 is 0. The molecule has 22 heavy (non-hydrogen) atoms. The van der Waals surface area contributed by atoms with E-state index in [2.05, 4.69) is 25.2 Å². The van der Waals surface area contributed by atoms with Crippen molar-refractivity contribution in [1.82, 2.24) is 0 Å². The highest BCUT2D eigenvalue weighted by atomic mass is 19.4. The fraction of sp³-hybridized carbons (Fsp3) is 0.375. The Kier molecular flexibility index (Phi) is 8.15. The first kappa shape index (κ1) is 19.9. The molecule has 0 amide bonds. The maximum Gasteiger partial charge on any atom is 0.573 e. The van der Waals surface area contributed by atoms with Gasteiger partial charge in [0.2, 0.25) is 0 Å². The molecular weight excluding hydrogens is 293 g/mol. The Balaban J connectivity index is 0.00000135. The molecule has 0 unspecified atom stereocenters. The van der Waals surface area contributed by atoms with Crippen LogP contribution in [0.5, 0.6) is 5.75 Å². The van der Waals surface area contributed by atoms with E-state index >= 15 is 0 Å². The zero-order chi connectivity index (χ0) is 17.3. The number of ether oxygens (including phenoxy) is 1. The average molecular weight is 316 g/mol. The van der Waals surface area contributed by atoms with Gasteiger partial charge in [-0.3, -0.25) is 0 Å². The Labute approximate surface area is 129 Å². The lowest BCUT2D eigenvalue weighted by atomic mass is 10.2. The normalized spacial score (nSPS) is 11.3. The van der Waals surface area contributed by atoms with Gasteiger partial charge in [-0.25, -0.2) is 0 Å². The summed E-state index contributed by atoms with van der Waals surface area (Å²) in [5.41, 5.74) is 7.39. The summed E-state index contributed by atoms with van der Waals surface area (Å²) < 4.78 is 39.8. The minimum absolute atomic E-state index is 0.255. The number of halogens is 3. The van der Waals surface area contributed by atoms with Gasteiger partial charge in [0.1, 0.15) is 5.75 Å². The Hall–Kier alpha value is -2.11. The molecular formula is C16H23F3N2O. The Morgan fingerprint density at radius 3 is 2.09 bits per heavy atom. The smallest absolute Gasteiger partial charge is 0.406 e. The first-order chi connectivity index (χ1) is 10.1. The van der Waals surface area contributed by atoms with E-state index in [-0.39, 0.29) is 5.75 Å². The number of benzene rings is 1. The lowest BCUT2D eigenvalue weighted by molar-refractivity contribution is -0.274. The van der Waals surface area contributed by atoms with E-state index in [9.17, 15) is 13.2 Å². The third-order valence-corrected chi connectivity index (χ3v) is 2.38. The van der Waals surface area contributed by atoms with Crippen LogP contribution in [0.3, 0.4) is 0 Å². The SMILES string of the molecule is C=C(N)/C=C(/C)N(C)c1ccc(OC(F)(F)F)cc1.CCC. The maximum atomic E-state index is 12.0.